The predicted molar refractivity (Wildman–Crippen MR) is 118 cm³/mol. The molecule has 1 saturated heterocycles. The number of rotatable bonds is 4. The lowest BCUT2D eigenvalue weighted by molar-refractivity contribution is 0.151. The predicted octanol–water partition coefficient (Wildman–Crippen LogP) is 4.44. The summed E-state index contributed by atoms with van der Waals surface area (Å²) in [6.45, 7) is 12.9. The molecule has 142 valence electrons. The molecule has 2 fully saturated rings. The Morgan fingerprint density at radius 2 is 2.12 bits per heavy atom. The molecule has 25 heavy (non-hydrogen) atoms. The zero-order valence-corrected chi connectivity index (χ0v) is 19.2. The van der Waals surface area contributed by atoms with Gasteiger partial charge in [0, 0.05) is 43.4 Å². The minimum absolute atomic E-state index is 0. The van der Waals surface area contributed by atoms with Gasteiger partial charge >= 0.3 is 0 Å². The molecule has 0 bridgehead atoms. The summed E-state index contributed by atoms with van der Waals surface area (Å²) in [6, 6.07) is 0. The van der Waals surface area contributed by atoms with E-state index in [4.69, 9.17) is 9.98 Å². The molecule has 0 radical (unpaired) electrons. The fourth-order valence-electron chi connectivity index (χ4n) is 3.65. The van der Waals surface area contributed by atoms with Crippen LogP contribution in [0.3, 0.4) is 0 Å². The number of aliphatic imine (C=N–C) groups is 1. The smallest absolute Gasteiger partial charge is 0.193 e. The highest BCUT2D eigenvalue weighted by Crippen LogP contribution is 2.47. The summed E-state index contributed by atoms with van der Waals surface area (Å²) in [6.07, 6.45) is 6.53. The number of hydrogen-bond acceptors (Lipinski definition) is 3. The average Bonchev–Trinajstić information content (AvgIpc) is 3.12. The largest absolute Gasteiger partial charge is 0.357 e. The van der Waals surface area contributed by atoms with Gasteiger partial charge in [-0.3, -0.25) is 4.99 Å². The molecule has 1 aromatic rings. The van der Waals surface area contributed by atoms with E-state index in [1.165, 1.54) is 42.9 Å². The Hall–Kier alpha value is -0.370. The molecule has 1 spiro atoms. The number of aromatic nitrogens is 1. The minimum Gasteiger partial charge on any atom is -0.357 e. The van der Waals surface area contributed by atoms with Gasteiger partial charge < -0.3 is 10.2 Å². The van der Waals surface area contributed by atoms with Crippen LogP contribution < -0.4 is 5.32 Å². The highest BCUT2D eigenvalue weighted by molar-refractivity contribution is 14.0. The number of thiazole rings is 1. The van der Waals surface area contributed by atoms with E-state index in [1.807, 2.05) is 0 Å². The summed E-state index contributed by atoms with van der Waals surface area (Å²) >= 11 is 1.77. The van der Waals surface area contributed by atoms with Crippen molar-refractivity contribution in [3.8, 4) is 0 Å². The highest BCUT2D eigenvalue weighted by Gasteiger charge is 2.43. The molecule has 0 aromatic carbocycles. The van der Waals surface area contributed by atoms with Gasteiger partial charge in [-0.15, -0.1) is 35.3 Å². The summed E-state index contributed by atoms with van der Waals surface area (Å²) in [5.41, 5.74) is 1.96. The van der Waals surface area contributed by atoms with Crippen LogP contribution in [0.2, 0.25) is 0 Å². The number of hydrogen-bond donors (Lipinski definition) is 1. The Morgan fingerprint density at radius 1 is 1.36 bits per heavy atom. The molecule has 0 unspecified atom stereocenters. The summed E-state index contributed by atoms with van der Waals surface area (Å²) in [4.78, 5) is 12.1. The molecule has 1 N–H and O–H groups in total. The van der Waals surface area contributed by atoms with E-state index >= 15 is 0 Å². The van der Waals surface area contributed by atoms with Crippen molar-refractivity contribution in [1.82, 2.24) is 15.2 Å². The SMILES string of the molecule is CCNC(=NCCc1nc(C(C)(C)C)cs1)N1CCC2(CCC2)C1.I. The van der Waals surface area contributed by atoms with Crippen molar-refractivity contribution in [3.63, 3.8) is 0 Å². The first-order valence-electron chi connectivity index (χ1n) is 9.40. The van der Waals surface area contributed by atoms with Crippen molar-refractivity contribution in [2.24, 2.45) is 10.4 Å². The van der Waals surface area contributed by atoms with Crippen molar-refractivity contribution in [2.75, 3.05) is 26.2 Å². The number of halogens is 1. The van der Waals surface area contributed by atoms with Crippen LogP contribution in [-0.2, 0) is 11.8 Å². The van der Waals surface area contributed by atoms with Gasteiger partial charge in [-0.25, -0.2) is 4.98 Å². The van der Waals surface area contributed by atoms with E-state index in [0.29, 0.717) is 5.41 Å². The Bertz CT molecular complexity index is 586. The van der Waals surface area contributed by atoms with Gasteiger partial charge in [-0.2, -0.15) is 0 Å². The Morgan fingerprint density at radius 3 is 2.64 bits per heavy atom. The van der Waals surface area contributed by atoms with Crippen LogP contribution in [0.1, 0.15) is 64.1 Å². The van der Waals surface area contributed by atoms with Crippen molar-refractivity contribution in [2.45, 2.75) is 65.2 Å². The lowest BCUT2D eigenvalue weighted by Gasteiger charge is -2.38. The third-order valence-electron chi connectivity index (χ3n) is 5.39. The fourth-order valence-corrected chi connectivity index (χ4v) is 4.67. The molecule has 2 heterocycles. The van der Waals surface area contributed by atoms with Gasteiger partial charge in [-0.05, 0) is 31.6 Å². The molecule has 2 aliphatic rings. The average molecular weight is 476 g/mol. The third-order valence-corrected chi connectivity index (χ3v) is 6.30. The van der Waals surface area contributed by atoms with Gasteiger partial charge in [0.1, 0.15) is 0 Å². The van der Waals surface area contributed by atoms with Crippen LogP contribution in [0.4, 0.5) is 0 Å². The van der Waals surface area contributed by atoms with Gasteiger partial charge in [-0.1, -0.05) is 27.2 Å². The van der Waals surface area contributed by atoms with Crippen LogP contribution in [0.5, 0.6) is 0 Å². The second kappa shape index (κ2) is 8.55. The van der Waals surface area contributed by atoms with Crippen molar-refractivity contribution >= 4 is 41.3 Å². The minimum atomic E-state index is 0. The zero-order chi connectivity index (χ0) is 17.2. The number of nitrogens with one attached hydrogen (secondary N) is 1. The molecule has 1 aromatic heterocycles. The summed E-state index contributed by atoms with van der Waals surface area (Å²) in [7, 11) is 0. The lowest BCUT2D eigenvalue weighted by atomic mass is 9.68. The van der Waals surface area contributed by atoms with Crippen LogP contribution >= 0.6 is 35.3 Å². The molecule has 0 amide bonds. The van der Waals surface area contributed by atoms with Gasteiger partial charge in [0.05, 0.1) is 10.7 Å². The normalized spacial score (nSPS) is 19.7. The third kappa shape index (κ3) is 5.08. The van der Waals surface area contributed by atoms with Gasteiger partial charge in [0.2, 0.25) is 0 Å². The van der Waals surface area contributed by atoms with Crippen LogP contribution in [0, 0.1) is 5.41 Å². The fraction of sp³-hybridized carbons (Fsp3) is 0.789. The maximum atomic E-state index is 4.88. The Labute approximate surface area is 173 Å². The first kappa shape index (κ1) is 20.9. The Balaban J connectivity index is 0.00000225. The van der Waals surface area contributed by atoms with E-state index in [-0.39, 0.29) is 29.4 Å². The van der Waals surface area contributed by atoms with Crippen molar-refractivity contribution in [1.29, 1.82) is 0 Å². The molecular weight excluding hydrogens is 443 g/mol. The maximum absolute atomic E-state index is 4.88. The summed E-state index contributed by atoms with van der Waals surface area (Å²) < 4.78 is 0. The second-order valence-electron chi connectivity index (χ2n) is 8.39. The number of guanidine groups is 1. The zero-order valence-electron chi connectivity index (χ0n) is 16.1. The van der Waals surface area contributed by atoms with Gasteiger partial charge in [0.15, 0.2) is 5.96 Å². The monoisotopic (exact) mass is 476 g/mol. The van der Waals surface area contributed by atoms with Crippen LogP contribution in [0.25, 0.3) is 0 Å². The molecule has 1 aliphatic carbocycles. The van der Waals surface area contributed by atoms with E-state index < -0.39 is 0 Å². The van der Waals surface area contributed by atoms with Crippen LogP contribution in [0.15, 0.2) is 10.4 Å². The highest BCUT2D eigenvalue weighted by atomic mass is 127. The molecule has 6 heteroatoms. The topological polar surface area (TPSA) is 40.5 Å². The second-order valence-corrected chi connectivity index (χ2v) is 9.33. The van der Waals surface area contributed by atoms with E-state index in [9.17, 15) is 0 Å². The summed E-state index contributed by atoms with van der Waals surface area (Å²) in [5.74, 6) is 1.11. The number of nitrogens with zero attached hydrogens (tertiary/aromatic N) is 3. The van der Waals surface area contributed by atoms with E-state index in [0.717, 1.165) is 32.0 Å². The first-order valence-corrected chi connectivity index (χ1v) is 10.3. The first-order chi connectivity index (χ1) is 11.4. The van der Waals surface area contributed by atoms with Crippen molar-refractivity contribution in [3.05, 3.63) is 16.1 Å². The summed E-state index contributed by atoms with van der Waals surface area (Å²) in [5, 5.41) is 6.89. The molecule has 0 atom stereocenters. The van der Waals surface area contributed by atoms with Crippen LogP contribution in [-0.4, -0.2) is 42.0 Å². The number of likely N-dealkylation sites (tertiary alicyclic amines) is 1. The van der Waals surface area contributed by atoms with Gasteiger partial charge in [0.25, 0.3) is 0 Å². The van der Waals surface area contributed by atoms with E-state index in [2.05, 4.69) is 43.3 Å². The van der Waals surface area contributed by atoms with E-state index in [1.54, 1.807) is 11.3 Å². The molecule has 3 rings (SSSR count). The Kier molecular flexibility index (Phi) is 7.16. The standard InChI is InChI=1S/C19H32N4S.HI/c1-5-20-17(23-12-10-19(14-23)8-6-9-19)21-11-7-16-22-15(13-24-16)18(2,3)4;/h13H,5-12,14H2,1-4H3,(H,20,21);1H. The quantitative estimate of drug-likeness (QED) is 0.397. The molecule has 4 nitrogen and oxygen atoms in total. The molecule has 1 saturated carbocycles. The van der Waals surface area contributed by atoms with Crippen molar-refractivity contribution < 1.29 is 0 Å². The maximum Gasteiger partial charge on any atom is 0.193 e. The molecular formula is C19H33IN4S. The lowest BCUT2D eigenvalue weighted by Crippen LogP contribution is -2.42. The molecule has 1 aliphatic heterocycles.